The predicted molar refractivity (Wildman–Crippen MR) is 80.8 cm³/mol. The molecule has 20 heavy (non-hydrogen) atoms. The second-order valence-corrected chi connectivity index (χ2v) is 5.72. The van der Waals surface area contributed by atoms with Crippen molar-refractivity contribution in [3.8, 4) is 5.75 Å². The van der Waals surface area contributed by atoms with E-state index in [1.54, 1.807) is 24.6 Å². The standard InChI is InChI=1S/C13H21N5OS/c1-17(2)6-7-18-13(10(19-3)9-15-18)12(16-14)11-5-4-8-20-11/h4-5,8-9,12,16H,6-7,14H2,1-3H3. The molecule has 0 bridgehead atoms. The third-order valence-corrected chi connectivity index (χ3v) is 4.03. The second kappa shape index (κ2) is 6.85. The molecule has 0 aliphatic carbocycles. The van der Waals surface area contributed by atoms with Crippen LogP contribution in [-0.4, -0.2) is 42.4 Å². The Balaban J connectivity index is 2.34. The van der Waals surface area contributed by atoms with Gasteiger partial charge in [0.2, 0.25) is 0 Å². The Morgan fingerprint density at radius 3 is 2.90 bits per heavy atom. The lowest BCUT2D eigenvalue weighted by Gasteiger charge is -2.19. The fraction of sp³-hybridized carbons (Fsp3) is 0.462. The van der Waals surface area contributed by atoms with Gasteiger partial charge in [0.05, 0.1) is 19.9 Å². The molecule has 0 aliphatic rings. The third kappa shape index (κ3) is 3.18. The summed E-state index contributed by atoms with van der Waals surface area (Å²) < 4.78 is 7.37. The second-order valence-electron chi connectivity index (χ2n) is 4.74. The lowest BCUT2D eigenvalue weighted by molar-refractivity contribution is 0.360. The van der Waals surface area contributed by atoms with E-state index >= 15 is 0 Å². The molecule has 0 aliphatic heterocycles. The van der Waals surface area contributed by atoms with Crippen LogP contribution in [0.4, 0.5) is 0 Å². The molecule has 0 amide bonds. The minimum Gasteiger partial charge on any atom is -0.493 e. The molecular formula is C13H21N5OS. The average Bonchev–Trinajstić information content (AvgIpc) is 3.07. The first-order valence-electron chi connectivity index (χ1n) is 6.41. The Hall–Kier alpha value is -1.41. The Labute approximate surface area is 123 Å². The van der Waals surface area contributed by atoms with E-state index in [2.05, 4.69) is 21.5 Å². The summed E-state index contributed by atoms with van der Waals surface area (Å²) in [7, 11) is 5.73. The summed E-state index contributed by atoms with van der Waals surface area (Å²) >= 11 is 1.66. The first-order chi connectivity index (χ1) is 9.67. The number of hydrogen-bond acceptors (Lipinski definition) is 6. The number of aromatic nitrogens is 2. The minimum absolute atomic E-state index is 0.116. The van der Waals surface area contributed by atoms with E-state index in [-0.39, 0.29) is 6.04 Å². The zero-order valence-corrected chi connectivity index (χ0v) is 12.9. The quantitative estimate of drug-likeness (QED) is 0.591. The Morgan fingerprint density at radius 2 is 2.35 bits per heavy atom. The summed E-state index contributed by atoms with van der Waals surface area (Å²) in [5.74, 6) is 6.50. The highest BCUT2D eigenvalue weighted by atomic mass is 32.1. The summed E-state index contributed by atoms with van der Waals surface area (Å²) in [5.41, 5.74) is 3.82. The molecule has 7 heteroatoms. The van der Waals surface area contributed by atoms with Crippen LogP contribution in [-0.2, 0) is 6.54 Å². The number of nitrogens with two attached hydrogens (primary N) is 1. The average molecular weight is 295 g/mol. The minimum atomic E-state index is -0.116. The van der Waals surface area contributed by atoms with Crippen LogP contribution in [0, 0.1) is 0 Å². The number of hydrazine groups is 1. The van der Waals surface area contributed by atoms with Crippen molar-refractivity contribution in [2.75, 3.05) is 27.7 Å². The number of nitrogens with zero attached hydrogens (tertiary/aromatic N) is 3. The van der Waals surface area contributed by atoms with Crippen LogP contribution in [0.5, 0.6) is 5.75 Å². The van der Waals surface area contributed by atoms with Crippen molar-refractivity contribution in [1.29, 1.82) is 0 Å². The number of nitrogens with one attached hydrogen (secondary N) is 1. The zero-order valence-electron chi connectivity index (χ0n) is 12.0. The van der Waals surface area contributed by atoms with Gasteiger partial charge >= 0.3 is 0 Å². The van der Waals surface area contributed by atoms with Crippen LogP contribution in [0.1, 0.15) is 16.6 Å². The summed E-state index contributed by atoms with van der Waals surface area (Å²) in [4.78, 5) is 3.26. The van der Waals surface area contributed by atoms with Crippen molar-refractivity contribution >= 4 is 11.3 Å². The van der Waals surface area contributed by atoms with E-state index in [0.717, 1.165) is 29.4 Å². The van der Waals surface area contributed by atoms with Crippen molar-refractivity contribution in [2.45, 2.75) is 12.6 Å². The van der Waals surface area contributed by atoms with Crippen LogP contribution in [0.3, 0.4) is 0 Å². The van der Waals surface area contributed by atoms with Gasteiger partial charge in [0.15, 0.2) is 5.75 Å². The predicted octanol–water partition coefficient (Wildman–Crippen LogP) is 1.07. The number of hydrogen-bond donors (Lipinski definition) is 2. The van der Waals surface area contributed by atoms with Gasteiger partial charge in [0.25, 0.3) is 0 Å². The fourth-order valence-electron chi connectivity index (χ4n) is 2.05. The maximum atomic E-state index is 5.75. The smallest absolute Gasteiger partial charge is 0.162 e. The molecule has 1 atom stereocenters. The zero-order chi connectivity index (χ0) is 14.5. The van der Waals surface area contributed by atoms with Gasteiger partial charge in [0, 0.05) is 11.4 Å². The SMILES string of the molecule is COc1cnn(CCN(C)C)c1C(NN)c1cccs1. The van der Waals surface area contributed by atoms with Crippen molar-refractivity contribution in [1.82, 2.24) is 20.1 Å². The van der Waals surface area contributed by atoms with Gasteiger partial charge < -0.3 is 9.64 Å². The van der Waals surface area contributed by atoms with Crippen molar-refractivity contribution < 1.29 is 4.74 Å². The van der Waals surface area contributed by atoms with E-state index in [4.69, 9.17) is 10.6 Å². The molecule has 2 rings (SSSR count). The van der Waals surface area contributed by atoms with Gasteiger partial charge in [-0.15, -0.1) is 11.3 Å². The first kappa shape index (κ1) is 15.0. The molecule has 0 saturated heterocycles. The molecular weight excluding hydrogens is 274 g/mol. The van der Waals surface area contributed by atoms with E-state index in [9.17, 15) is 0 Å². The monoisotopic (exact) mass is 295 g/mol. The third-order valence-electron chi connectivity index (χ3n) is 3.09. The molecule has 2 aromatic heterocycles. The highest BCUT2D eigenvalue weighted by Gasteiger charge is 2.23. The lowest BCUT2D eigenvalue weighted by atomic mass is 10.1. The highest BCUT2D eigenvalue weighted by molar-refractivity contribution is 7.10. The molecule has 6 nitrogen and oxygen atoms in total. The van der Waals surface area contributed by atoms with Gasteiger partial charge in [0.1, 0.15) is 11.7 Å². The summed E-state index contributed by atoms with van der Waals surface area (Å²) in [5, 5.41) is 6.45. The Kier molecular flexibility index (Phi) is 5.13. The van der Waals surface area contributed by atoms with E-state index in [1.165, 1.54) is 0 Å². The Morgan fingerprint density at radius 1 is 1.55 bits per heavy atom. The molecule has 2 heterocycles. The Bertz CT molecular complexity index is 523. The lowest BCUT2D eigenvalue weighted by Crippen LogP contribution is -2.31. The van der Waals surface area contributed by atoms with E-state index < -0.39 is 0 Å². The largest absolute Gasteiger partial charge is 0.493 e. The van der Waals surface area contributed by atoms with E-state index in [1.807, 2.05) is 30.2 Å². The van der Waals surface area contributed by atoms with Crippen molar-refractivity contribution in [3.63, 3.8) is 0 Å². The highest BCUT2D eigenvalue weighted by Crippen LogP contribution is 2.31. The first-order valence-corrected chi connectivity index (χ1v) is 7.29. The number of rotatable bonds is 7. The van der Waals surface area contributed by atoms with Gasteiger partial charge in [-0.2, -0.15) is 5.10 Å². The molecule has 1 unspecified atom stereocenters. The van der Waals surface area contributed by atoms with Crippen LogP contribution in [0.15, 0.2) is 23.7 Å². The van der Waals surface area contributed by atoms with Crippen LogP contribution >= 0.6 is 11.3 Å². The fourth-order valence-corrected chi connectivity index (χ4v) is 2.84. The molecule has 0 saturated carbocycles. The topological polar surface area (TPSA) is 68.3 Å². The molecule has 2 aromatic rings. The molecule has 0 spiro atoms. The molecule has 0 fully saturated rings. The van der Waals surface area contributed by atoms with Gasteiger partial charge in [-0.25, -0.2) is 5.43 Å². The van der Waals surface area contributed by atoms with Gasteiger partial charge in [-0.05, 0) is 25.5 Å². The number of ether oxygens (including phenoxy) is 1. The number of thiophene rings is 1. The van der Waals surface area contributed by atoms with Crippen molar-refractivity contribution in [2.24, 2.45) is 5.84 Å². The van der Waals surface area contributed by atoms with Gasteiger partial charge in [-0.3, -0.25) is 10.5 Å². The molecule has 0 aromatic carbocycles. The summed E-state index contributed by atoms with van der Waals surface area (Å²) in [6.07, 6.45) is 1.74. The molecule has 3 N–H and O–H groups in total. The van der Waals surface area contributed by atoms with E-state index in [0.29, 0.717) is 0 Å². The summed E-state index contributed by atoms with van der Waals surface area (Å²) in [6, 6.07) is 3.95. The molecule has 110 valence electrons. The van der Waals surface area contributed by atoms with Gasteiger partial charge in [-0.1, -0.05) is 6.07 Å². The van der Waals surface area contributed by atoms with Crippen LogP contribution < -0.4 is 16.0 Å². The van der Waals surface area contributed by atoms with Crippen LogP contribution in [0.2, 0.25) is 0 Å². The number of methoxy groups -OCH3 is 1. The number of likely N-dealkylation sites (N-methyl/N-ethyl adjacent to an activating group) is 1. The van der Waals surface area contributed by atoms with Crippen molar-refractivity contribution in [3.05, 3.63) is 34.3 Å². The maximum absolute atomic E-state index is 5.75. The molecule has 0 radical (unpaired) electrons. The summed E-state index contributed by atoms with van der Waals surface area (Å²) in [6.45, 7) is 1.69. The normalized spacial score (nSPS) is 12.8. The van der Waals surface area contributed by atoms with Crippen LogP contribution in [0.25, 0.3) is 0 Å². The maximum Gasteiger partial charge on any atom is 0.162 e.